The summed E-state index contributed by atoms with van der Waals surface area (Å²) in [5.41, 5.74) is 4.07. The lowest BCUT2D eigenvalue weighted by atomic mass is 10.2. The molecule has 0 aliphatic carbocycles. The van der Waals surface area contributed by atoms with Crippen LogP contribution in [0.25, 0.3) is 0 Å². The van der Waals surface area contributed by atoms with Crippen LogP contribution >= 0.6 is 15.9 Å². The fraction of sp³-hybridized carbons (Fsp3) is 0.400. The van der Waals surface area contributed by atoms with Crippen LogP contribution in [0.3, 0.4) is 0 Å². The highest BCUT2D eigenvalue weighted by molar-refractivity contribution is 9.10. The summed E-state index contributed by atoms with van der Waals surface area (Å²) in [5.74, 6) is -0.744. The molecule has 0 aliphatic rings. The Morgan fingerprint density at radius 1 is 1.50 bits per heavy atom. The lowest BCUT2D eigenvalue weighted by Gasteiger charge is -2.13. The molecule has 100 valence electrons. The molecule has 1 amide bonds. The van der Waals surface area contributed by atoms with Gasteiger partial charge in [-0.05, 0) is 28.4 Å². The van der Waals surface area contributed by atoms with E-state index in [-0.39, 0.29) is 23.3 Å². The van der Waals surface area contributed by atoms with Crippen LogP contribution in [0.5, 0.6) is 0 Å². The average Bonchev–Trinajstić information content (AvgIpc) is 2.24. The minimum absolute atomic E-state index is 0.116. The summed E-state index contributed by atoms with van der Waals surface area (Å²) in [6.07, 6.45) is -2.75. The Labute approximate surface area is 110 Å². The lowest BCUT2D eigenvalue weighted by Crippen LogP contribution is -2.15. The number of carbonyl (C=O) groups excluding carboxylic acids is 1. The number of carbonyl (C=O) groups is 1. The van der Waals surface area contributed by atoms with Gasteiger partial charge in [0.25, 0.3) is 0 Å². The maximum atomic E-state index is 12.7. The molecule has 3 N–H and O–H groups in total. The zero-order valence-corrected chi connectivity index (χ0v) is 10.8. The molecule has 1 aromatic heterocycles. The molecule has 18 heavy (non-hydrogen) atoms. The third-order valence-electron chi connectivity index (χ3n) is 2.05. The molecule has 0 aliphatic heterocycles. The van der Waals surface area contributed by atoms with Crippen molar-refractivity contribution in [2.24, 2.45) is 5.73 Å². The van der Waals surface area contributed by atoms with Crippen molar-refractivity contribution in [1.29, 1.82) is 0 Å². The van der Waals surface area contributed by atoms with Crippen LogP contribution in [0, 0.1) is 0 Å². The van der Waals surface area contributed by atoms with Crippen LogP contribution in [0.4, 0.5) is 19.0 Å². The van der Waals surface area contributed by atoms with E-state index in [9.17, 15) is 18.0 Å². The van der Waals surface area contributed by atoms with Crippen LogP contribution in [0.2, 0.25) is 0 Å². The van der Waals surface area contributed by atoms with Crippen LogP contribution < -0.4 is 11.1 Å². The summed E-state index contributed by atoms with van der Waals surface area (Å²) in [5, 5.41) is 2.54. The minimum Gasteiger partial charge on any atom is -0.370 e. The Morgan fingerprint density at radius 2 is 2.17 bits per heavy atom. The first-order valence-corrected chi connectivity index (χ1v) is 5.85. The fourth-order valence-electron chi connectivity index (χ4n) is 1.27. The summed E-state index contributed by atoms with van der Waals surface area (Å²) < 4.78 is 38.3. The highest BCUT2D eigenvalue weighted by Crippen LogP contribution is 2.35. The number of hydrogen-bond donors (Lipinski definition) is 2. The number of aromatic nitrogens is 1. The van der Waals surface area contributed by atoms with Gasteiger partial charge in [-0.1, -0.05) is 0 Å². The highest BCUT2D eigenvalue weighted by atomic mass is 79.9. The monoisotopic (exact) mass is 325 g/mol. The molecule has 0 atom stereocenters. The Kier molecular flexibility index (Phi) is 4.94. The number of nitrogens with two attached hydrogens (primary N) is 1. The molecule has 0 fully saturated rings. The van der Waals surface area contributed by atoms with E-state index in [4.69, 9.17) is 5.73 Å². The standard InChI is InChI=1S/C10H11BrF3N3O/c11-6-4-7(10(12,13)14)9(17-5-6)16-3-1-2-8(15)18/h4-5H,1-3H2,(H2,15,18)(H,16,17). The second-order valence-electron chi connectivity index (χ2n) is 3.54. The van der Waals surface area contributed by atoms with Gasteiger partial charge in [-0.15, -0.1) is 0 Å². The quantitative estimate of drug-likeness (QED) is 0.817. The van der Waals surface area contributed by atoms with Gasteiger partial charge in [0.05, 0.1) is 5.56 Å². The maximum absolute atomic E-state index is 12.7. The number of nitrogens with zero attached hydrogens (tertiary/aromatic N) is 1. The van der Waals surface area contributed by atoms with Gasteiger partial charge in [0, 0.05) is 23.6 Å². The van der Waals surface area contributed by atoms with E-state index in [1.165, 1.54) is 6.20 Å². The molecule has 0 radical (unpaired) electrons. The first kappa shape index (κ1) is 14.7. The van der Waals surface area contributed by atoms with Crippen molar-refractivity contribution in [3.8, 4) is 0 Å². The molecule has 8 heteroatoms. The topological polar surface area (TPSA) is 68.0 Å². The molecule has 0 unspecified atom stereocenters. The van der Waals surface area contributed by atoms with Crippen LogP contribution in [-0.4, -0.2) is 17.4 Å². The number of halogens is 4. The van der Waals surface area contributed by atoms with Crippen LogP contribution in [-0.2, 0) is 11.0 Å². The number of pyridine rings is 1. The molecular formula is C10H11BrF3N3O. The summed E-state index contributed by atoms with van der Waals surface area (Å²) in [6.45, 7) is 0.195. The summed E-state index contributed by atoms with van der Waals surface area (Å²) in [7, 11) is 0. The number of nitrogens with one attached hydrogen (secondary N) is 1. The molecular weight excluding hydrogens is 315 g/mol. The number of anilines is 1. The van der Waals surface area contributed by atoms with Gasteiger partial charge in [0.2, 0.25) is 5.91 Å². The highest BCUT2D eigenvalue weighted by Gasteiger charge is 2.34. The number of amides is 1. The predicted molar refractivity (Wildman–Crippen MR) is 63.9 cm³/mol. The first-order chi connectivity index (χ1) is 8.30. The van der Waals surface area contributed by atoms with E-state index in [0.717, 1.165) is 6.07 Å². The van der Waals surface area contributed by atoms with Gasteiger partial charge < -0.3 is 11.1 Å². The maximum Gasteiger partial charge on any atom is 0.419 e. The molecule has 1 aromatic rings. The number of alkyl halides is 3. The largest absolute Gasteiger partial charge is 0.419 e. The minimum atomic E-state index is -4.48. The summed E-state index contributed by atoms with van der Waals surface area (Å²) in [6, 6.07) is 0.948. The van der Waals surface area contributed by atoms with Gasteiger partial charge >= 0.3 is 6.18 Å². The van der Waals surface area contributed by atoms with Crippen molar-refractivity contribution >= 4 is 27.7 Å². The Balaban J connectivity index is 2.73. The fourth-order valence-corrected chi connectivity index (χ4v) is 1.60. The lowest BCUT2D eigenvalue weighted by molar-refractivity contribution is -0.137. The zero-order chi connectivity index (χ0) is 13.8. The smallest absolute Gasteiger partial charge is 0.370 e. The van der Waals surface area contributed by atoms with Crippen molar-refractivity contribution in [3.05, 3.63) is 22.3 Å². The Morgan fingerprint density at radius 3 is 2.72 bits per heavy atom. The molecule has 0 saturated carbocycles. The van der Waals surface area contributed by atoms with E-state index in [1.54, 1.807) is 0 Å². The second-order valence-corrected chi connectivity index (χ2v) is 4.46. The second kappa shape index (κ2) is 6.03. The Bertz CT molecular complexity index is 437. The molecule has 0 spiro atoms. The molecule has 1 rings (SSSR count). The van der Waals surface area contributed by atoms with Crippen molar-refractivity contribution in [2.75, 3.05) is 11.9 Å². The van der Waals surface area contributed by atoms with Gasteiger partial charge in [0.15, 0.2) is 0 Å². The zero-order valence-electron chi connectivity index (χ0n) is 9.22. The number of rotatable bonds is 5. The normalized spacial score (nSPS) is 11.3. The van der Waals surface area contributed by atoms with E-state index < -0.39 is 17.6 Å². The Hall–Kier alpha value is -1.31. The molecule has 4 nitrogen and oxygen atoms in total. The SMILES string of the molecule is NC(=O)CCCNc1ncc(Br)cc1C(F)(F)F. The first-order valence-electron chi connectivity index (χ1n) is 5.05. The summed E-state index contributed by atoms with van der Waals surface area (Å²) >= 11 is 2.94. The van der Waals surface area contributed by atoms with Gasteiger partial charge in [-0.2, -0.15) is 13.2 Å². The summed E-state index contributed by atoms with van der Waals surface area (Å²) in [4.78, 5) is 14.1. The number of primary amides is 1. The third kappa shape index (κ3) is 4.52. The van der Waals surface area contributed by atoms with E-state index in [1.807, 2.05) is 0 Å². The number of hydrogen-bond acceptors (Lipinski definition) is 3. The van der Waals surface area contributed by atoms with Crippen LogP contribution in [0.15, 0.2) is 16.7 Å². The molecule has 0 bridgehead atoms. The van der Waals surface area contributed by atoms with E-state index in [2.05, 4.69) is 26.2 Å². The molecule has 0 saturated heterocycles. The van der Waals surface area contributed by atoms with Crippen molar-refractivity contribution < 1.29 is 18.0 Å². The van der Waals surface area contributed by atoms with Crippen molar-refractivity contribution in [2.45, 2.75) is 19.0 Å². The van der Waals surface area contributed by atoms with Crippen molar-refractivity contribution in [3.63, 3.8) is 0 Å². The predicted octanol–water partition coefficient (Wildman–Crippen LogP) is 2.54. The van der Waals surface area contributed by atoms with Gasteiger partial charge in [-0.25, -0.2) is 4.98 Å². The molecule has 1 heterocycles. The average molecular weight is 326 g/mol. The van der Waals surface area contributed by atoms with Crippen LogP contribution in [0.1, 0.15) is 18.4 Å². The van der Waals surface area contributed by atoms with E-state index in [0.29, 0.717) is 6.42 Å². The van der Waals surface area contributed by atoms with E-state index >= 15 is 0 Å². The van der Waals surface area contributed by atoms with Gasteiger partial charge in [-0.3, -0.25) is 4.79 Å². The third-order valence-corrected chi connectivity index (χ3v) is 2.49. The molecule has 0 aromatic carbocycles. The van der Waals surface area contributed by atoms with Gasteiger partial charge in [0.1, 0.15) is 5.82 Å². The van der Waals surface area contributed by atoms with Crippen molar-refractivity contribution in [1.82, 2.24) is 4.98 Å².